The number of aryl methyl sites for hydroxylation is 1. The van der Waals surface area contributed by atoms with Crippen molar-refractivity contribution in [3.05, 3.63) is 64.0 Å². The number of nitrogens with zero attached hydrogens (tertiary/aromatic N) is 1. The molecule has 0 spiro atoms. The first kappa shape index (κ1) is 25.5. The lowest BCUT2D eigenvalue weighted by atomic mass is 9.93. The second-order valence-corrected chi connectivity index (χ2v) is 10.8. The highest BCUT2D eigenvalue weighted by Crippen LogP contribution is 2.27. The molecule has 1 fully saturated rings. The van der Waals surface area contributed by atoms with Gasteiger partial charge in [-0.05, 0) is 60.5 Å². The smallest absolute Gasteiger partial charge is 0.261 e. The number of halogens is 1. The Morgan fingerprint density at radius 3 is 2.69 bits per heavy atom. The van der Waals surface area contributed by atoms with Gasteiger partial charge in [0.25, 0.3) is 5.91 Å². The van der Waals surface area contributed by atoms with E-state index in [0.717, 1.165) is 27.0 Å². The van der Waals surface area contributed by atoms with Crippen LogP contribution in [0, 0.1) is 6.92 Å². The topological polar surface area (TPSA) is 90.5 Å². The average molecular weight is 531 g/mol. The Labute approximate surface area is 217 Å². The van der Waals surface area contributed by atoms with Gasteiger partial charge >= 0.3 is 0 Å². The van der Waals surface area contributed by atoms with Crippen molar-refractivity contribution in [1.82, 2.24) is 20.3 Å². The number of benzene rings is 2. The van der Waals surface area contributed by atoms with Crippen LogP contribution in [0.25, 0.3) is 10.1 Å². The molecule has 3 aromatic rings. The van der Waals surface area contributed by atoms with Gasteiger partial charge in [0, 0.05) is 16.1 Å². The van der Waals surface area contributed by atoms with Gasteiger partial charge in [0.2, 0.25) is 11.8 Å². The van der Waals surface area contributed by atoms with E-state index in [2.05, 4.69) is 15.4 Å². The number of carbonyl (C=O) groups excluding carboxylic acids is 3. The average Bonchev–Trinajstić information content (AvgIpc) is 3.26. The molecule has 7 nitrogen and oxygen atoms in total. The Hall–Kier alpha value is -2.59. The fraction of sp³-hybridized carbons (Fsp3) is 0.320. The van der Waals surface area contributed by atoms with Crippen LogP contribution in [0.2, 0.25) is 5.02 Å². The number of hydrogen-bond donors (Lipinski definition) is 3. The Kier molecular flexibility index (Phi) is 8.33. The van der Waals surface area contributed by atoms with Gasteiger partial charge in [0.05, 0.1) is 35.1 Å². The van der Waals surface area contributed by atoms with Crippen molar-refractivity contribution >= 4 is 62.7 Å². The zero-order valence-electron chi connectivity index (χ0n) is 19.5. The van der Waals surface area contributed by atoms with E-state index in [0.29, 0.717) is 16.4 Å². The maximum atomic E-state index is 12.6. The van der Waals surface area contributed by atoms with Gasteiger partial charge in [-0.25, -0.2) is 0 Å². The van der Waals surface area contributed by atoms with Gasteiger partial charge in [-0.1, -0.05) is 42.8 Å². The van der Waals surface area contributed by atoms with Crippen LogP contribution in [0.1, 0.15) is 28.6 Å². The van der Waals surface area contributed by atoms with Crippen LogP contribution >= 0.6 is 34.9 Å². The van der Waals surface area contributed by atoms with Gasteiger partial charge in [-0.2, -0.15) is 0 Å². The first-order valence-electron chi connectivity index (χ1n) is 11.4. The summed E-state index contributed by atoms with van der Waals surface area (Å²) < 4.78 is 4.11. The third-order valence-electron chi connectivity index (χ3n) is 5.89. The predicted octanol–water partition coefficient (Wildman–Crippen LogP) is 4.00. The summed E-state index contributed by atoms with van der Waals surface area (Å²) in [5.41, 5.74) is 1.08. The molecule has 4 rings (SSSR count). The fourth-order valence-corrected chi connectivity index (χ4v) is 6.02. The number of nitrogens with one attached hydrogen (secondary N) is 3. The molecule has 10 heteroatoms. The number of amides is 3. The molecule has 2 atom stereocenters. The van der Waals surface area contributed by atoms with Crippen molar-refractivity contribution < 1.29 is 14.4 Å². The highest BCUT2D eigenvalue weighted by Gasteiger charge is 2.41. The van der Waals surface area contributed by atoms with E-state index in [-0.39, 0.29) is 42.9 Å². The van der Waals surface area contributed by atoms with E-state index >= 15 is 0 Å². The molecule has 35 heavy (non-hydrogen) atoms. The number of thiophene rings is 1. The molecule has 0 radical (unpaired) electrons. The van der Waals surface area contributed by atoms with Crippen LogP contribution in [0.5, 0.6) is 0 Å². The normalized spacial score (nSPS) is 17.2. The standard InChI is InChI=1S/C25H27ClN4O3S2/c1-3-19-18(14-30(19)24(32)13-28-35-21-9-8-15(2)10-17(21)26)29-23(31)12-27-25(33)22-11-16-6-4-5-7-20(16)34-22/h4-11,18-19,28H,3,12-14H2,1-2H3,(H,27,33)(H,29,31). The molecule has 184 valence electrons. The van der Waals surface area contributed by atoms with E-state index in [1.54, 1.807) is 4.90 Å². The highest BCUT2D eigenvalue weighted by atomic mass is 35.5. The predicted molar refractivity (Wildman–Crippen MR) is 142 cm³/mol. The van der Waals surface area contributed by atoms with Crippen molar-refractivity contribution in [2.24, 2.45) is 0 Å². The van der Waals surface area contributed by atoms with Gasteiger partial charge in [-0.15, -0.1) is 11.3 Å². The minimum Gasteiger partial charge on any atom is -0.348 e. The molecule has 0 saturated carbocycles. The van der Waals surface area contributed by atoms with Gasteiger partial charge < -0.3 is 15.5 Å². The minimum atomic E-state index is -0.268. The second kappa shape index (κ2) is 11.4. The molecular weight excluding hydrogens is 504 g/mol. The Balaban J connectivity index is 1.20. The van der Waals surface area contributed by atoms with Crippen molar-refractivity contribution in [3.8, 4) is 0 Å². The zero-order valence-corrected chi connectivity index (χ0v) is 21.9. The van der Waals surface area contributed by atoms with Gasteiger partial charge in [0.1, 0.15) is 0 Å². The summed E-state index contributed by atoms with van der Waals surface area (Å²) in [5, 5.41) is 7.28. The number of likely N-dealkylation sites (tertiary alicyclic amines) is 1. The maximum absolute atomic E-state index is 12.6. The molecule has 1 aliphatic rings. The monoisotopic (exact) mass is 530 g/mol. The Morgan fingerprint density at radius 2 is 1.94 bits per heavy atom. The van der Waals surface area contributed by atoms with E-state index in [4.69, 9.17) is 11.6 Å². The quantitative estimate of drug-likeness (QED) is 0.364. The van der Waals surface area contributed by atoms with Gasteiger partial charge in [0.15, 0.2) is 0 Å². The van der Waals surface area contributed by atoms with Crippen LogP contribution in [0.3, 0.4) is 0 Å². The lowest BCUT2D eigenvalue weighted by Gasteiger charge is -2.48. The van der Waals surface area contributed by atoms with E-state index in [9.17, 15) is 14.4 Å². The number of hydrogen-bond acceptors (Lipinski definition) is 6. The van der Waals surface area contributed by atoms with Crippen LogP contribution in [0.4, 0.5) is 0 Å². The number of carbonyl (C=O) groups is 3. The lowest BCUT2D eigenvalue weighted by molar-refractivity contribution is -0.142. The minimum absolute atomic E-state index is 0.0313. The molecule has 3 N–H and O–H groups in total. The zero-order chi connectivity index (χ0) is 24.9. The molecule has 1 aromatic heterocycles. The van der Waals surface area contributed by atoms with Crippen molar-refractivity contribution in [1.29, 1.82) is 0 Å². The molecule has 2 aromatic carbocycles. The van der Waals surface area contributed by atoms with E-state index < -0.39 is 0 Å². The molecule has 2 heterocycles. The summed E-state index contributed by atoms with van der Waals surface area (Å²) in [5.74, 6) is -0.565. The highest BCUT2D eigenvalue weighted by molar-refractivity contribution is 7.97. The third kappa shape index (κ3) is 6.16. The molecule has 3 amide bonds. The summed E-state index contributed by atoms with van der Waals surface area (Å²) in [4.78, 5) is 40.7. The van der Waals surface area contributed by atoms with Crippen molar-refractivity contribution in [2.75, 3.05) is 19.6 Å². The van der Waals surface area contributed by atoms with Crippen molar-refractivity contribution in [3.63, 3.8) is 0 Å². The Bertz CT molecular complexity index is 1220. The summed E-state index contributed by atoms with van der Waals surface area (Å²) in [6.07, 6.45) is 0.724. The van der Waals surface area contributed by atoms with Gasteiger partial charge in [-0.3, -0.25) is 19.1 Å². The Morgan fingerprint density at radius 1 is 1.14 bits per heavy atom. The first-order valence-corrected chi connectivity index (χ1v) is 13.4. The summed E-state index contributed by atoms with van der Waals surface area (Å²) in [6, 6.07) is 15.2. The molecule has 1 saturated heterocycles. The maximum Gasteiger partial charge on any atom is 0.261 e. The fourth-order valence-electron chi connectivity index (χ4n) is 4.05. The van der Waals surface area contributed by atoms with Crippen LogP contribution in [0.15, 0.2) is 53.4 Å². The molecular formula is C25H27ClN4O3S2. The number of fused-ring (bicyclic) bond motifs is 1. The lowest BCUT2D eigenvalue weighted by Crippen LogP contribution is -2.69. The number of rotatable bonds is 9. The molecule has 0 aliphatic carbocycles. The van der Waals surface area contributed by atoms with Crippen LogP contribution in [-0.2, 0) is 9.59 Å². The summed E-state index contributed by atoms with van der Waals surface area (Å²) in [6.45, 7) is 4.47. The van der Waals surface area contributed by atoms with E-state index in [1.807, 2.05) is 62.4 Å². The summed E-state index contributed by atoms with van der Waals surface area (Å²) >= 11 is 8.96. The molecule has 0 bridgehead atoms. The SMILES string of the molecule is CCC1C(NC(=O)CNC(=O)c2cc3ccccc3s2)CN1C(=O)CNSc1ccc(C)cc1Cl. The summed E-state index contributed by atoms with van der Waals surface area (Å²) in [7, 11) is 0. The largest absolute Gasteiger partial charge is 0.348 e. The second-order valence-electron chi connectivity index (χ2n) is 8.38. The van der Waals surface area contributed by atoms with E-state index in [1.165, 1.54) is 23.3 Å². The van der Waals surface area contributed by atoms with Crippen LogP contribution < -0.4 is 15.4 Å². The van der Waals surface area contributed by atoms with Crippen molar-refractivity contribution in [2.45, 2.75) is 37.2 Å². The van der Waals surface area contributed by atoms with Crippen LogP contribution in [-0.4, -0.2) is 54.3 Å². The molecule has 2 unspecified atom stereocenters. The molecule has 1 aliphatic heterocycles. The third-order valence-corrected chi connectivity index (χ3v) is 8.30. The first-order chi connectivity index (χ1) is 16.9.